The van der Waals surface area contributed by atoms with E-state index < -0.39 is 0 Å². The Kier molecular flexibility index (Phi) is 4.62. The highest BCUT2D eigenvalue weighted by atomic mass is 15.4. The van der Waals surface area contributed by atoms with Gasteiger partial charge in [0.2, 0.25) is 17.8 Å². The van der Waals surface area contributed by atoms with Crippen LogP contribution < -0.4 is 15.1 Å². The summed E-state index contributed by atoms with van der Waals surface area (Å²) in [7, 11) is 3.89. The largest absolute Gasteiger partial charge is 0.357 e. The molecule has 1 aliphatic rings. The summed E-state index contributed by atoms with van der Waals surface area (Å²) in [4.78, 5) is 18.0. The summed E-state index contributed by atoms with van der Waals surface area (Å²) in [5.74, 6) is 2.72. The number of anilines is 3. The first-order chi connectivity index (χ1) is 9.52. The molecule has 1 fully saturated rings. The summed E-state index contributed by atoms with van der Waals surface area (Å²) < 4.78 is 0. The molecule has 1 aromatic rings. The number of aromatic nitrogens is 3. The van der Waals surface area contributed by atoms with Gasteiger partial charge in [-0.05, 0) is 25.7 Å². The summed E-state index contributed by atoms with van der Waals surface area (Å²) >= 11 is 0. The van der Waals surface area contributed by atoms with Crippen molar-refractivity contribution in [3.63, 3.8) is 0 Å². The average molecular weight is 278 g/mol. The maximum absolute atomic E-state index is 4.66. The van der Waals surface area contributed by atoms with Crippen LogP contribution >= 0.6 is 0 Å². The van der Waals surface area contributed by atoms with E-state index in [0.717, 1.165) is 25.0 Å². The molecule has 0 saturated carbocycles. The lowest BCUT2D eigenvalue weighted by molar-refractivity contribution is 0.499. The van der Waals surface area contributed by atoms with Gasteiger partial charge in [-0.15, -0.1) is 0 Å². The van der Waals surface area contributed by atoms with Gasteiger partial charge in [0.25, 0.3) is 0 Å². The van der Waals surface area contributed by atoms with Crippen LogP contribution in [0.15, 0.2) is 0 Å². The molecular formula is C14H26N6. The van der Waals surface area contributed by atoms with Crippen LogP contribution in [0.1, 0.15) is 33.6 Å². The van der Waals surface area contributed by atoms with Crippen LogP contribution in [0.25, 0.3) is 0 Å². The molecule has 1 N–H and O–H groups in total. The monoisotopic (exact) mass is 278 g/mol. The molecule has 0 spiro atoms. The van der Waals surface area contributed by atoms with Crippen molar-refractivity contribution in [2.24, 2.45) is 5.92 Å². The highest BCUT2D eigenvalue weighted by Crippen LogP contribution is 2.22. The average Bonchev–Trinajstić information content (AvgIpc) is 2.99. The van der Waals surface area contributed by atoms with Gasteiger partial charge in [0.05, 0.1) is 0 Å². The lowest BCUT2D eigenvalue weighted by atomic mass is 10.1. The van der Waals surface area contributed by atoms with Crippen LogP contribution in [0.2, 0.25) is 0 Å². The van der Waals surface area contributed by atoms with Gasteiger partial charge in [-0.3, -0.25) is 0 Å². The minimum Gasteiger partial charge on any atom is -0.357 e. The van der Waals surface area contributed by atoms with E-state index in [4.69, 9.17) is 0 Å². The van der Waals surface area contributed by atoms with Crippen LogP contribution in [-0.2, 0) is 0 Å². The highest BCUT2D eigenvalue weighted by Gasteiger charge is 2.21. The smallest absolute Gasteiger partial charge is 0.231 e. The molecule has 6 nitrogen and oxygen atoms in total. The van der Waals surface area contributed by atoms with Crippen molar-refractivity contribution in [2.75, 3.05) is 42.3 Å². The van der Waals surface area contributed by atoms with Crippen molar-refractivity contribution < 1.29 is 0 Å². The summed E-state index contributed by atoms with van der Waals surface area (Å²) in [6.45, 7) is 8.70. The predicted molar refractivity (Wildman–Crippen MR) is 83.5 cm³/mol. The van der Waals surface area contributed by atoms with E-state index in [1.54, 1.807) is 0 Å². The minimum atomic E-state index is 0.383. The Bertz CT molecular complexity index is 441. The van der Waals surface area contributed by atoms with Gasteiger partial charge in [0, 0.05) is 33.2 Å². The van der Waals surface area contributed by atoms with Gasteiger partial charge in [0.15, 0.2) is 0 Å². The van der Waals surface area contributed by atoms with E-state index in [2.05, 4.69) is 50.8 Å². The first-order valence-corrected chi connectivity index (χ1v) is 7.44. The van der Waals surface area contributed by atoms with Crippen molar-refractivity contribution in [1.82, 2.24) is 15.0 Å². The third-order valence-corrected chi connectivity index (χ3v) is 4.12. The number of hydrogen-bond donors (Lipinski definition) is 1. The van der Waals surface area contributed by atoms with Gasteiger partial charge in [0.1, 0.15) is 0 Å². The SMILES string of the molecule is CNc1nc(N2CCCC2)nc(N(C)C(C)C(C)C)n1. The number of nitrogens with one attached hydrogen (secondary N) is 1. The summed E-state index contributed by atoms with van der Waals surface area (Å²) in [5.41, 5.74) is 0. The number of nitrogens with zero attached hydrogens (tertiary/aromatic N) is 5. The van der Waals surface area contributed by atoms with Crippen molar-refractivity contribution in [3.05, 3.63) is 0 Å². The van der Waals surface area contributed by atoms with Crippen LogP contribution in [0, 0.1) is 5.92 Å². The van der Waals surface area contributed by atoms with Gasteiger partial charge < -0.3 is 15.1 Å². The van der Waals surface area contributed by atoms with Crippen LogP contribution in [0.5, 0.6) is 0 Å². The van der Waals surface area contributed by atoms with E-state index in [0.29, 0.717) is 17.9 Å². The second kappa shape index (κ2) is 6.24. The molecule has 1 aromatic heterocycles. The van der Waals surface area contributed by atoms with Crippen molar-refractivity contribution in [2.45, 2.75) is 39.7 Å². The maximum atomic E-state index is 4.66. The van der Waals surface area contributed by atoms with Crippen LogP contribution in [0.4, 0.5) is 17.8 Å². The number of hydrogen-bond acceptors (Lipinski definition) is 6. The zero-order chi connectivity index (χ0) is 14.7. The van der Waals surface area contributed by atoms with Crippen molar-refractivity contribution in [3.8, 4) is 0 Å². The van der Waals surface area contributed by atoms with Crippen LogP contribution in [0.3, 0.4) is 0 Å². The lowest BCUT2D eigenvalue weighted by Gasteiger charge is -2.28. The van der Waals surface area contributed by atoms with Gasteiger partial charge in [-0.25, -0.2) is 0 Å². The third kappa shape index (κ3) is 3.11. The molecule has 1 unspecified atom stereocenters. The van der Waals surface area contributed by atoms with Crippen molar-refractivity contribution in [1.29, 1.82) is 0 Å². The zero-order valence-electron chi connectivity index (χ0n) is 13.2. The molecule has 2 rings (SSSR count). The fourth-order valence-corrected chi connectivity index (χ4v) is 2.31. The standard InChI is InChI=1S/C14H26N6/c1-10(2)11(3)19(5)13-16-12(15-4)17-14(18-13)20-8-6-7-9-20/h10-11H,6-9H2,1-5H3,(H,15,16,17,18). The maximum Gasteiger partial charge on any atom is 0.231 e. The normalized spacial score (nSPS) is 16.6. The topological polar surface area (TPSA) is 57.2 Å². The summed E-state index contributed by atoms with van der Waals surface area (Å²) in [5, 5.41) is 3.04. The lowest BCUT2D eigenvalue weighted by Crippen LogP contribution is -2.35. The predicted octanol–water partition coefficient (Wildman–Crippen LogP) is 1.99. The second-order valence-electron chi connectivity index (χ2n) is 5.80. The van der Waals surface area contributed by atoms with E-state index in [1.165, 1.54) is 12.8 Å². The Morgan fingerprint density at radius 1 is 1.10 bits per heavy atom. The Hall–Kier alpha value is -1.59. The molecule has 0 aliphatic carbocycles. The fraction of sp³-hybridized carbons (Fsp3) is 0.786. The molecule has 1 atom stereocenters. The van der Waals surface area contributed by atoms with Crippen molar-refractivity contribution >= 4 is 17.8 Å². The van der Waals surface area contributed by atoms with Gasteiger partial charge >= 0.3 is 0 Å². The Morgan fingerprint density at radius 3 is 2.30 bits per heavy atom. The summed E-state index contributed by atoms with van der Waals surface area (Å²) in [6.07, 6.45) is 2.43. The Labute approximate surface area is 121 Å². The third-order valence-electron chi connectivity index (χ3n) is 4.12. The Balaban J connectivity index is 2.29. The molecule has 1 aliphatic heterocycles. The molecule has 2 heterocycles. The molecule has 0 amide bonds. The van der Waals surface area contributed by atoms with Crippen LogP contribution in [-0.4, -0.2) is 48.2 Å². The molecule has 0 aromatic carbocycles. The van der Waals surface area contributed by atoms with E-state index in [1.807, 2.05) is 14.1 Å². The van der Waals surface area contributed by atoms with Gasteiger partial charge in [-0.1, -0.05) is 13.8 Å². The molecule has 20 heavy (non-hydrogen) atoms. The highest BCUT2D eigenvalue weighted by molar-refractivity contribution is 5.45. The second-order valence-corrected chi connectivity index (χ2v) is 5.80. The van der Waals surface area contributed by atoms with E-state index in [-0.39, 0.29) is 0 Å². The Morgan fingerprint density at radius 2 is 1.75 bits per heavy atom. The van der Waals surface area contributed by atoms with E-state index in [9.17, 15) is 0 Å². The minimum absolute atomic E-state index is 0.383. The first-order valence-electron chi connectivity index (χ1n) is 7.44. The zero-order valence-corrected chi connectivity index (χ0v) is 13.2. The van der Waals surface area contributed by atoms with Gasteiger partial charge in [-0.2, -0.15) is 15.0 Å². The quantitative estimate of drug-likeness (QED) is 0.889. The first kappa shape index (κ1) is 14.8. The molecule has 112 valence electrons. The number of rotatable bonds is 5. The van der Waals surface area contributed by atoms with E-state index >= 15 is 0 Å². The molecule has 1 saturated heterocycles. The molecule has 6 heteroatoms. The molecule has 0 radical (unpaired) electrons. The molecular weight excluding hydrogens is 252 g/mol. The summed E-state index contributed by atoms with van der Waals surface area (Å²) in [6, 6.07) is 0.383. The molecule has 0 bridgehead atoms. The fourth-order valence-electron chi connectivity index (χ4n) is 2.31.